The number of carbonyl (C=O) groups excluding carboxylic acids is 2. The second kappa shape index (κ2) is 6.18. The van der Waals surface area contributed by atoms with Crippen LogP contribution in [0.4, 0.5) is 0 Å². The number of hydrogen-bond acceptors (Lipinski definition) is 3. The van der Waals surface area contributed by atoms with Crippen LogP contribution >= 0.6 is 0 Å². The van der Waals surface area contributed by atoms with Crippen LogP contribution in [0.2, 0.25) is 0 Å². The molecule has 4 nitrogen and oxygen atoms in total. The van der Waals surface area contributed by atoms with Crippen LogP contribution in [0.25, 0.3) is 0 Å². The van der Waals surface area contributed by atoms with Crippen molar-refractivity contribution in [3.05, 3.63) is 34.9 Å². The zero-order valence-electron chi connectivity index (χ0n) is 12.4. The first-order valence-corrected chi connectivity index (χ1v) is 7.09. The Morgan fingerprint density at radius 2 is 2.10 bits per heavy atom. The summed E-state index contributed by atoms with van der Waals surface area (Å²) in [6.45, 7) is 5.07. The molecule has 1 aromatic rings. The van der Waals surface area contributed by atoms with Crippen molar-refractivity contribution in [2.24, 2.45) is 0 Å². The van der Waals surface area contributed by atoms with Crippen LogP contribution < -0.4 is 5.32 Å². The summed E-state index contributed by atoms with van der Waals surface area (Å²) in [5.74, 6) is 0.110. The molecule has 1 fully saturated rings. The van der Waals surface area contributed by atoms with Gasteiger partial charge in [0.1, 0.15) is 0 Å². The Bertz CT molecular complexity index is 525. The van der Waals surface area contributed by atoms with Gasteiger partial charge in [0.15, 0.2) is 5.78 Å². The number of hydrogen-bond donors (Lipinski definition) is 1. The van der Waals surface area contributed by atoms with Gasteiger partial charge in [-0.15, -0.1) is 0 Å². The van der Waals surface area contributed by atoms with E-state index in [1.54, 1.807) is 7.05 Å². The highest BCUT2D eigenvalue weighted by Crippen LogP contribution is 2.19. The lowest BCUT2D eigenvalue weighted by Crippen LogP contribution is -2.44. The fourth-order valence-electron chi connectivity index (χ4n) is 2.78. The van der Waals surface area contributed by atoms with Gasteiger partial charge in [-0.1, -0.05) is 17.7 Å². The maximum absolute atomic E-state index is 12.5. The van der Waals surface area contributed by atoms with Crippen molar-refractivity contribution in [2.75, 3.05) is 20.1 Å². The molecule has 0 spiro atoms. The summed E-state index contributed by atoms with van der Waals surface area (Å²) in [5, 5.41) is 2.68. The normalized spacial score (nSPS) is 19.1. The Morgan fingerprint density at radius 1 is 1.35 bits per heavy atom. The van der Waals surface area contributed by atoms with E-state index in [-0.39, 0.29) is 17.7 Å². The van der Waals surface area contributed by atoms with Crippen LogP contribution in [-0.2, 0) is 4.79 Å². The SMILES string of the molecule is CNC(=O)C1CCCN1CC(=O)c1cc(C)ccc1C. The molecule has 1 unspecified atom stereocenters. The number of nitrogens with zero attached hydrogens (tertiary/aromatic N) is 1. The zero-order chi connectivity index (χ0) is 14.7. The average molecular weight is 274 g/mol. The van der Waals surface area contributed by atoms with Gasteiger partial charge in [-0.2, -0.15) is 0 Å². The second-order valence-electron chi connectivity index (χ2n) is 5.48. The number of amides is 1. The van der Waals surface area contributed by atoms with Crippen LogP contribution in [0.3, 0.4) is 0 Å². The van der Waals surface area contributed by atoms with E-state index in [1.165, 1.54) is 0 Å². The molecule has 0 aliphatic carbocycles. The lowest BCUT2D eigenvalue weighted by Gasteiger charge is -2.22. The Hall–Kier alpha value is -1.68. The molecule has 108 valence electrons. The molecular formula is C16H22N2O2. The summed E-state index contributed by atoms with van der Waals surface area (Å²) < 4.78 is 0. The van der Waals surface area contributed by atoms with E-state index < -0.39 is 0 Å². The monoisotopic (exact) mass is 274 g/mol. The largest absolute Gasteiger partial charge is 0.358 e. The molecule has 0 saturated carbocycles. The minimum absolute atomic E-state index is 0.0104. The molecule has 0 radical (unpaired) electrons. The highest BCUT2D eigenvalue weighted by molar-refractivity contribution is 5.99. The maximum Gasteiger partial charge on any atom is 0.237 e. The van der Waals surface area contributed by atoms with E-state index in [9.17, 15) is 9.59 Å². The third-order valence-corrected chi connectivity index (χ3v) is 3.95. The fourth-order valence-corrected chi connectivity index (χ4v) is 2.78. The Kier molecular flexibility index (Phi) is 4.55. The average Bonchev–Trinajstić information content (AvgIpc) is 2.88. The predicted octanol–water partition coefficient (Wildman–Crippen LogP) is 1.70. The van der Waals surface area contributed by atoms with Gasteiger partial charge in [0.05, 0.1) is 12.6 Å². The van der Waals surface area contributed by atoms with Crippen molar-refractivity contribution in [3.63, 3.8) is 0 Å². The van der Waals surface area contributed by atoms with Crippen molar-refractivity contribution in [1.82, 2.24) is 10.2 Å². The van der Waals surface area contributed by atoms with Gasteiger partial charge >= 0.3 is 0 Å². The molecule has 20 heavy (non-hydrogen) atoms. The van der Waals surface area contributed by atoms with Crippen LogP contribution in [0.15, 0.2) is 18.2 Å². The Balaban J connectivity index is 2.11. The standard InChI is InChI=1S/C16H22N2O2/c1-11-6-7-12(2)13(9-11)15(19)10-18-8-4-5-14(18)16(20)17-3/h6-7,9,14H,4-5,8,10H2,1-3H3,(H,17,20). The molecule has 1 N–H and O–H groups in total. The second-order valence-corrected chi connectivity index (χ2v) is 5.48. The van der Waals surface area contributed by atoms with Gasteiger partial charge in [0.25, 0.3) is 0 Å². The first-order valence-electron chi connectivity index (χ1n) is 7.09. The zero-order valence-corrected chi connectivity index (χ0v) is 12.4. The summed E-state index contributed by atoms with van der Waals surface area (Å²) in [7, 11) is 1.64. The van der Waals surface area contributed by atoms with Crippen molar-refractivity contribution < 1.29 is 9.59 Å². The van der Waals surface area contributed by atoms with Crippen molar-refractivity contribution in [1.29, 1.82) is 0 Å². The van der Waals surface area contributed by atoms with E-state index in [4.69, 9.17) is 0 Å². The predicted molar refractivity (Wildman–Crippen MR) is 78.9 cm³/mol. The molecule has 1 heterocycles. The summed E-state index contributed by atoms with van der Waals surface area (Å²) in [5.41, 5.74) is 2.85. The molecule has 1 aliphatic rings. The van der Waals surface area contributed by atoms with Gasteiger partial charge < -0.3 is 5.32 Å². The number of likely N-dealkylation sites (tertiary alicyclic amines) is 1. The van der Waals surface area contributed by atoms with Crippen LogP contribution in [0, 0.1) is 13.8 Å². The molecule has 1 amide bonds. The number of Topliss-reactive ketones (excluding diaryl/α,β-unsaturated/α-hetero) is 1. The quantitative estimate of drug-likeness (QED) is 0.850. The highest BCUT2D eigenvalue weighted by Gasteiger charge is 2.31. The minimum Gasteiger partial charge on any atom is -0.358 e. The van der Waals surface area contributed by atoms with E-state index in [0.29, 0.717) is 6.54 Å². The highest BCUT2D eigenvalue weighted by atomic mass is 16.2. The number of aryl methyl sites for hydroxylation is 2. The number of nitrogens with one attached hydrogen (secondary N) is 1. The first-order chi connectivity index (χ1) is 9.52. The van der Waals surface area contributed by atoms with Gasteiger partial charge in [-0.05, 0) is 44.9 Å². The number of likely N-dealkylation sites (N-methyl/N-ethyl adjacent to an activating group) is 1. The fraction of sp³-hybridized carbons (Fsp3) is 0.500. The number of benzene rings is 1. The maximum atomic E-state index is 12.5. The molecule has 1 aromatic carbocycles. The lowest BCUT2D eigenvalue weighted by molar-refractivity contribution is -0.124. The van der Waals surface area contributed by atoms with Crippen LogP contribution in [0.5, 0.6) is 0 Å². The van der Waals surface area contributed by atoms with Gasteiger partial charge in [-0.3, -0.25) is 14.5 Å². The van der Waals surface area contributed by atoms with Gasteiger partial charge in [0.2, 0.25) is 5.91 Å². The first kappa shape index (κ1) is 14.7. The summed E-state index contributed by atoms with van der Waals surface area (Å²) in [6, 6.07) is 5.76. The molecule has 2 rings (SSSR count). The van der Waals surface area contributed by atoms with E-state index in [1.807, 2.05) is 36.9 Å². The Labute approximate surface area is 120 Å². The summed E-state index contributed by atoms with van der Waals surface area (Å²) >= 11 is 0. The van der Waals surface area contributed by atoms with Gasteiger partial charge in [0, 0.05) is 12.6 Å². The van der Waals surface area contributed by atoms with Crippen LogP contribution in [0.1, 0.15) is 34.3 Å². The number of ketones is 1. The molecule has 1 atom stereocenters. The van der Waals surface area contributed by atoms with E-state index in [2.05, 4.69) is 5.32 Å². The molecule has 0 bridgehead atoms. The topological polar surface area (TPSA) is 49.4 Å². The smallest absolute Gasteiger partial charge is 0.237 e. The molecule has 1 saturated heterocycles. The molecular weight excluding hydrogens is 252 g/mol. The third kappa shape index (κ3) is 3.07. The number of rotatable bonds is 4. The van der Waals surface area contributed by atoms with Crippen molar-refractivity contribution in [2.45, 2.75) is 32.7 Å². The molecule has 4 heteroatoms. The summed E-state index contributed by atoms with van der Waals surface area (Å²) in [6.07, 6.45) is 1.80. The van der Waals surface area contributed by atoms with Gasteiger partial charge in [-0.25, -0.2) is 0 Å². The Morgan fingerprint density at radius 3 is 2.80 bits per heavy atom. The third-order valence-electron chi connectivity index (χ3n) is 3.95. The van der Waals surface area contributed by atoms with E-state index in [0.717, 1.165) is 36.1 Å². The molecule has 1 aliphatic heterocycles. The molecule has 0 aromatic heterocycles. The lowest BCUT2D eigenvalue weighted by atomic mass is 10.0. The number of carbonyl (C=O) groups is 2. The minimum atomic E-state index is -0.158. The van der Waals surface area contributed by atoms with Crippen LogP contribution in [-0.4, -0.2) is 42.8 Å². The van der Waals surface area contributed by atoms with Crippen molar-refractivity contribution >= 4 is 11.7 Å². The van der Waals surface area contributed by atoms with Crippen molar-refractivity contribution in [3.8, 4) is 0 Å². The summed E-state index contributed by atoms with van der Waals surface area (Å²) in [4.78, 5) is 26.2. The van der Waals surface area contributed by atoms with E-state index >= 15 is 0 Å².